The molecule has 0 saturated heterocycles. The fourth-order valence-electron chi connectivity index (χ4n) is 1.84. The highest BCUT2D eigenvalue weighted by atomic mass is 16.3. The molecule has 2 rings (SSSR count). The Kier molecular flexibility index (Phi) is 1.95. The molecule has 74 valence electrons. The molecule has 0 aromatic heterocycles. The van der Waals surface area contributed by atoms with E-state index in [1.165, 1.54) is 0 Å². The second kappa shape index (κ2) is 3.01. The summed E-state index contributed by atoms with van der Waals surface area (Å²) in [7, 11) is 1.78. The summed E-state index contributed by atoms with van der Waals surface area (Å²) in [4.78, 5) is 13.4. The smallest absolute Gasteiger partial charge is 0.254 e. The molecule has 1 aromatic rings. The van der Waals surface area contributed by atoms with Gasteiger partial charge in [0.1, 0.15) is 5.75 Å². The van der Waals surface area contributed by atoms with Gasteiger partial charge in [0, 0.05) is 24.7 Å². The normalized spacial score (nSPS) is 15.6. The van der Waals surface area contributed by atoms with Crippen LogP contribution in [-0.4, -0.2) is 29.5 Å². The van der Waals surface area contributed by atoms with Crippen molar-refractivity contribution in [2.24, 2.45) is 0 Å². The lowest BCUT2D eigenvalue weighted by Crippen LogP contribution is -2.34. The average molecular weight is 191 g/mol. The number of hydrogen-bond donors (Lipinski definition) is 1. The van der Waals surface area contributed by atoms with Gasteiger partial charge >= 0.3 is 0 Å². The third-order valence-corrected chi connectivity index (χ3v) is 2.65. The Morgan fingerprint density at radius 2 is 2.14 bits per heavy atom. The van der Waals surface area contributed by atoms with Gasteiger partial charge in [-0.1, -0.05) is 0 Å². The molecular weight excluding hydrogens is 178 g/mol. The molecule has 0 radical (unpaired) electrons. The van der Waals surface area contributed by atoms with Gasteiger partial charge in [-0.2, -0.15) is 0 Å². The Bertz CT molecular complexity index is 399. The number of phenols is 1. The van der Waals surface area contributed by atoms with E-state index in [2.05, 4.69) is 0 Å². The first-order chi connectivity index (χ1) is 6.59. The minimum Gasteiger partial charge on any atom is -0.508 e. The Morgan fingerprint density at radius 1 is 1.43 bits per heavy atom. The fraction of sp³-hybridized carbons (Fsp3) is 0.364. The summed E-state index contributed by atoms with van der Waals surface area (Å²) < 4.78 is 0. The molecule has 1 aromatic carbocycles. The van der Waals surface area contributed by atoms with Gasteiger partial charge in [-0.15, -0.1) is 0 Å². The van der Waals surface area contributed by atoms with Crippen molar-refractivity contribution in [1.82, 2.24) is 4.90 Å². The van der Waals surface area contributed by atoms with Gasteiger partial charge in [0.2, 0.25) is 0 Å². The molecule has 1 N–H and O–H groups in total. The van der Waals surface area contributed by atoms with E-state index in [-0.39, 0.29) is 11.7 Å². The van der Waals surface area contributed by atoms with Gasteiger partial charge in [-0.25, -0.2) is 0 Å². The van der Waals surface area contributed by atoms with Crippen molar-refractivity contribution in [3.8, 4) is 5.75 Å². The van der Waals surface area contributed by atoms with Crippen LogP contribution in [0.15, 0.2) is 12.1 Å². The lowest BCUT2D eigenvalue weighted by Gasteiger charge is -2.25. The van der Waals surface area contributed by atoms with Crippen molar-refractivity contribution in [1.29, 1.82) is 0 Å². The number of aryl methyl sites for hydroxylation is 1. The van der Waals surface area contributed by atoms with E-state index >= 15 is 0 Å². The van der Waals surface area contributed by atoms with Gasteiger partial charge in [-0.3, -0.25) is 4.79 Å². The van der Waals surface area contributed by atoms with Crippen LogP contribution in [0, 0.1) is 6.92 Å². The van der Waals surface area contributed by atoms with Crippen LogP contribution in [0.5, 0.6) is 5.75 Å². The predicted molar refractivity (Wildman–Crippen MR) is 53.5 cm³/mol. The number of likely N-dealkylation sites (N-methyl/N-ethyl adjacent to an activating group) is 1. The standard InChI is InChI=1S/C11H13NO2/c1-7-5-9-8(10(13)6-7)3-4-12(2)11(9)14/h5-6,13H,3-4H2,1-2H3. The number of nitrogens with zero attached hydrogens (tertiary/aromatic N) is 1. The molecule has 3 heteroatoms. The first-order valence-corrected chi connectivity index (χ1v) is 4.67. The van der Waals surface area contributed by atoms with Crippen molar-refractivity contribution < 1.29 is 9.90 Å². The molecule has 1 amide bonds. The third-order valence-electron chi connectivity index (χ3n) is 2.65. The van der Waals surface area contributed by atoms with Gasteiger partial charge in [0.15, 0.2) is 0 Å². The number of carbonyl (C=O) groups is 1. The zero-order valence-corrected chi connectivity index (χ0v) is 8.37. The molecule has 0 spiro atoms. The highest BCUT2D eigenvalue weighted by Gasteiger charge is 2.23. The van der Waals surface area contributed by atoms with Crippen molar-refractivity contribution in [2.45, 2.75) is 13.3 Å². The molecule has 0 fully saturated rings. The third kappa shape index (κ3) is 1.25. The van der Waals surface area contributed by atoms with E-state index in [4.69, 9.17) is 0 Å². The highest BCUT2D eigenvalue weighted by molar-refractivity contribution is 5.97. The van der Waals surface area contributed by atoms with Crippen LogP contribution in [0.4, 0.5) is 0 Å². The molecule has 0 unspecified atom stereocenters. The Balaban J connectivity index is 2.60. The molecule has 0 atom stereocenters. The highest BCUT2D eigenvalue weighted by Crippen LogP contribution is 2.27. The molecule has 1 aliphatic rings. The van der Waals surface area contributed by atoms with Crippen LogP contribution in [-0.2, 0) is 6.42 Å². The van der Waals surface area contributed by atoms with Crippen LogP contribution in [0.2, 0.25) is 0 Å². The summed E-state index contributed by atoms with van der Waals surface area (Å²) >= 11 is 0. The van der Waals surface area contributed by atoms with Gasteiger partial charge in [-0.05, 0) is 31.0 Å². The number of phenolic OH excluding ortho intramolecular Hbond substituents is 1. The Morgan fingerprint density at radius 3 is 2.86 bits per heavy atom. The molecule has 3 nitrogen and oxygen atoms in total. The first-order valence-electron chi connectivity index (χ1n) is 4.67. The van der Waals surface area contributed by atoms with Crippen LogP contribution in [0.1, 0.15) is 21.5 Å². The number of amides is 1. The largest absolute Gasteiger partial charge is 0.508 e. The van der Waals surface area contributed by atoms with Crippen LogP contribution >= 0.6 is 0 Å². The molecule has 14 heavy (non-hydrogen) atoms. The minimum atomic E-state index is 0.00486. The molecule has 1 aliphatic heterocycles. The predicted octanol–water partition coefficient (Wildman–Crippen LogP) is 1.33. The molecular formula is C11H13NO2. The summed E-state index contributed by atoms with van der Waals surface area (Å²) in [6.07, 6.45) is 0.740. The van der Waals surface area contributed by atoms with Gasteiger partial charge in [0.05, 0.1) is 0 Å². The van der Waals surface area contributed by atoms with Crippen LogP contribution in [0.25, 0.3) is 0 Å². The average Bonchev–Trinajstić information content (AvgIpc) is 2.12. The summed E-state index contributed by atoms with van der Waals surface area (Å²) in [5.41, 5.74) is 2.36. The number of fused-ring (bicyclic) bond motifs is 1. The van der Waals surface area contributed by atoms with E-state index in [1.54, 1.807) is 18.0 Å². The van der Waals surface area contributed by atoms with E-state index < -0.39 is 0 Å². The number of hydrogen-bond acceptors (Lipinski definition) is 2. The quantitative estimate of drug-likeness (QED) is 0.672. The second-order valence-electron chi connectivity index (χ2n) is 3.79. The first kappa shape index (κ1) is 9.06. The van der Waals surface area contributed by atoms with Crippen molar-refractivity contribution in [2.75, 3.05) is 13.6 Å². The van der Waals surface area contributed by atoms with Crippen molar-refractivity contribution >= 4 is 5.91 Å². The summed E-state index contributed by atoms with van der Waals surface area (Å²) in [6.45, 7) is 2.56. The summed E-state index contributed by atoms with van der Waals surface area (Å²) in [6, 6.07) is 3.55. The Labute approximate surface area is 83.0 Å². The molecule has 0 aliphatic carbocycles. The zero-order chi connectivity index (χ0) is 10.3. The number of rotatable bonds is 0. The topological polar surface area (TPSA) is 40.5 Å². The van der Waals surface area contributed by atoms with Gasteiger partial charge < -0.3 is 10.0 Å². The van der Waals surface area contributed by atoms with Crippen molar-refractivity contribution in [3.63, 3.8) is 0 Å². The molecule has 0 saturated carbocycles. The second-order valence-corrected chi connectivity index (χ2v) is 3.79. The lowest BCUT2D eigenvalue weighted by atomic mass is 9.96. The van der Waals surface area contributed by atoms with Crippen molar-refractivity contribution in [3.05, 3.63) is 28.8 Å². The number of aromatic hydroxyl groups is 1. The zero-order valence-electron chi connectivity index (χ0n) is 8.37. The van der Waals surface area contributed by atoms with Gasteiger partial charge in [0.25, 0.3) is 5.91 Å². The number of carbonyl (C=O) groups excluding carboxylic acids is 1. The minimum absolute atomic E-state index is 0.00486. The molecule has 0 bridgehead atoms. The van der Waals surface area contributed by atoms with Crippen LogP contribution in [0.3, 0.4) is 0 Å². The maximum Gasteiger partial charge on any atom is 0.254 e. The maximum atomic E-state index is 11.7. The molecule has 1 heterocycles. The maximum absolute atomic E-state index is 11.7. The fourth-order valence-corrected chi connectivity index (χ4v) is 1.84. The summed E-state index contributed by atoms with van der Waals surface area (Å²) in [5.74, 6) is 0.256. The van der Waals surface area contributed by atoms with E-state index in [9.17, 15) is 9.90 Å². The van der Waals surface area contributed by atoms with E-state index in [0.717, 1.165) is 17.5 Å². The number of benzene rings is 1. The Hall–Kier alpha value is -1.51. The SMILES string of the molecule is Cc1cc(O)c2c(c1)C(=O)N(C)CC2. The summed E-state index contributed by atoms with van der Waals surface area (Å²) in [5, 5.41) is 9.67. The lowest BCUT2D eigenvalue weighted by molar-refractivity contribution is 0.0779. The monoisotopic (exact) mass is 191 g/mol. The van der Waals surface area contributed by atoms with E-state index in [0.29, 0.717) is 12.1 Å². The van der Waals surface area contributed by atoms with E-state index in [1.807, 2.05) is 13.0 Å². The van der Waals surface area contributed by atoms with Crippen LogP contribution < -0.4 is 0 Å².